The molecule has 2 fully saturated rings. The number of rotatable bonds is 20. The Balaban J connectivity index is 1.18. The van der Waals surface area contributed by atoms with Gasteiger partial charge in [0.1, 0.15) is 41.8 Å². The summed E-state index contributed by atoms with van der Waals surface area (Å²) < 4.78 is 18.6. The van der Waals surface area contributed by atoms with Crippen LogP contribution in [0.2, 0.25) is 0 Å². The number of amides is 1. The number of esters is 1. The number of pyridine rings is 1. The lowest BCUT2D eigenvalue weighted by atomic mass is 9.78. The van der Waals surface area contributed by atoms with Gasteiger partial charge in [-0.1, -0.05) is 108 Å². The molecule has 0 saturated carbocycles. The van der Waals surface area contributed by atoms with Crippen molar-refractivity contribution in [3.63, 3.8) is 0 Å². The Hall–Kier alpha value is -3.36. The molecule has 3 aromatic rings. The van der Waals surface area contributed by atoms with Gasteiger partial charge in [-0.2, -0.15) is 0 Å². The zero-order chi connectivity index (χ0) is 53.5. The smallest absolute Gasteiger partial charge is 0.311 e. The van der Waals surface area contributed by atoms with Crippen LogP contribution in [0, 0.1) is 17.8 Å². The third-order valence-corrected chi connectivity index (χ3v) is 20.5. The number of ether oxygens (including phenoxy) is 3. The molecule has 408 valence electrons. The molecule has 0 unspecified atom stereocenters. The predicted octanol–water partition coefficient (Wildman–Crippen LogP) is 7.55. The summed E-state index contributed by atoms with van der Waals surface area (Å²) in [7, 11) is 1.82. The lowest BCUT2D eigenvalue weighted by Crippen LogP contribution is -2.60. The Morgan fingerprint density at radius 1 is 0.795 bits per heavy atom. The fourth-order valence-electron chi connectivity index (χ4n) is 11.8. The zero-order valence-corrected chi connectivity index (χ0v) is 46.8. The van der Waals surface area contributed by atoms with Gasteiger partial charge in [-0.15, -0.1) is 0 Å². The van der Waals surface area contributed by atoms with Gasteiger partial charge < -0.3 is 49.5 Å². The number of carbonyl (C=O) groups is 2. The van der Waals surface area contributed by atoms with Crippen molar-refractivity contribution in [1.82, 2.24) is 14.8 Å². The van der Waals surface area contributed by atoms with Crippen molar-refractivity contribution < 1.29 is 49.3 Å². The van der Waals surface area contributed by atoms with E-state index in [1.54, 1.807) is 32.6 Å². The molecule has 14 heteroatoms. The predicted molar refractivity (Wildman–Crippen MR) is 293 cm³/mol. The number of aliphatic hydroxyl groups is 5. The molecule has 2 aliphatic heterocycles. The fourth-order valence-corrected chi connectivity index (χ4v) is 16.0. The average Bonchev–Trinajstić information content (AvgIpc) is 3.37. The first-order valence-electron chi connectivity index (χ1n) is 27.5. The standard InChI is InChI=1S/C59H93N3O10P/c1-11-49-59(8,69)54(66)45(6)62(40-41(2)39-58(7,68)55(43(4)52(64)44(5)56(67)71-49)72-57-53(65)48(61(9)10)38-42(3)70-57)51(63)35-26-18-16-14-12-13-15-17-19-29-37-73(46-30-22-20-23-31-46,47-32-24-21-25-33-47)50-34-27-28-36-60-50/h20-25,27-28,30-34,36,41-45,48-49,52-55,57,64-66,68-69H,11-19,26,29,35,37-40H2,1-10H3/q+1/t41-,42-,43+,44-,45-,48+,49-,52+,53-,54-,55-,57+,58-,59-/m1/s1. The second-order valence-corrected chi connectivity index (χ2v) is 26.0. The second-order valence-electron chi connectivity index (χ2n) is 22.4. The molecule has 13 nitrogen and oxygen atoms in total. The number of likely N-dealkylation sites (N-methyl/N-ethyl adjacent to an activating group) is 1. The third kappa shape index (κ3) is 15.6. The van der Waals surface area contributed by atoms with Gasteiger partial charge in [-0.25, -0.2) is 4.98 Å². The van der Waals surface area contributed by atoms with Crippen LogP contribution in [-0.2, 0) is 23.8 Å². The number of cyclic esters (lactones) is 1. The summed E-state index contributed by atoms with van der Waals surface area (Å²) in [6, 6.07) is 27.0. The van der Waals surface area contributed by atoms with Crippen molar-refractivity contribution in [2.24, 2.45) is 17.8 Å². The minimum Gasteiger partial charge on any atom is -0.459 e. The highest BCUT2D eigenvalue weighted by molar-refractivity contribution is 7.95. The van der Waals surface area contributed by atoms with Crippen molar-refractivity contribution in [2.75, 3.05) is 26.8 Å². The number of unbranched alkanes of at least 4 members (excludes halogenated alkanes) is 9. The molecule has 2 saturated heterocycles. The number of nitrogens with zero attached hydrogens (tertiary/aromatic N) is 3. The van der Waals surface area contributed by atoms with Gasteiger partial charge in [0.2, 0.25) is 5.91 Å². The van der Waals surface area contributed by atoms with Gasteiger partial charge in [0.25, 0.3) is 0 Å². The number of aliphatic hydroxyl groups excluding tert-OH is 3. The molecular weight excluding hydrogens is 942 g/mol. The van der Waals surface area contributed by atoms with Gasteiger partial charge in [0, 0.05) is 37.2 Å². The molecule has 0 bridgehead atoms. The molecule has 5 N–H and O–H groups in total. The summed E-state index contributed by atoms with van der Waals surface area (Å²) in [4.78, 5) is 36.6. The Morgan fingerprint density at radius 3 is 1.88 bits per heavy atom. The molecule has 2 aromatic carbocycles. The van der Waals surface area contributed by atoms with E-state index in [0.717, 1.165) is 38.3 Å². The summed E-state index contributed by atoms with van der Waals surface area (Å²) in [5, 5.41) is 62.3. The van der Waals surface area contributed by atoms with Crippen LogP contribution < -0.4 is 16.0 Å². The molecule has 3 heterocycles. The monoisotopic (exact) mass is 1030 g/mol. The van der Waals surface area contributed by atoms with Crippen LogP contribution in [0.1, 0.15) is 145 Å². The van der Waals surface area contributed by atoms with Crippen molar-refractivity contribution >= 4 is 35.2 Å². The van der Waals surface area contributed by atoms with E-state index >= 15 is 0 Å². The number of hydrogen-bond acceptors (Lipinski definition) is 12. The summed E-state index contributed by atoms with van der Waals surface area (Å²) in [6.45, 7) is 13.6. The van der Waals surface area contributed by atoms with E-state index in [1.165, 1.54) is 55.6 Å². The van der Waals surface area contributed by atoms with Crippen molar-refractivity contribution in [3.05, 3.63) is 85.1 Å². The van der Waals surface area contributed by atoms with Crippen LogP contribution in [-0.4, -0.2) is 145 Å². The first kappa shape index (κ1) is 60.5. The molecule has 5 rings (SSSR count). The first-order chi connectivity index (χ1) is 34.7. The maximum atomic E-state index is 14.3. The molecule has 1 aromatic heterocycles. The SMILES string of the molecule is CC[C@H]1OC(=O)[C@H](C)[C@@H](O)[C@H](C)[C@@H](O[C@@H]2O[C@H](C)C[C@H](N(C)C)[C@H]2O)[C@](C)(O)C[C@@H](C)CN(C(=O)CCCCCCCCCCCC[P+](c2ccccc2)(c2ccccc2)c2ccccn2)[C@H](C)[C@@H](O)[C@]1(C)O. The normalized spacial score (nSPS) is 32.2. The van der Waals surface area contributed by atoms with E-state index in [2.05, 4.69) is 72.8 Å². The van der Waals surface area contributed by atoms with E-state index in [-0.39, 0.29) is 49.8 Å². The van der Waals surface area contributed by atoms with Gasteiger partial charge in [0.05, 0.1) is 42.0 Å². The first-order valence-corrected chi connectivity index (χ1v) is 29.5. The van der Waals surface area contributed by atoms with Crippen molar-refractivity contribution in [1.29, 1.82) is 0 Å². The summed E-state index contributed by atoms with van der Waals surface area (Å²) in [5.74, 6) is -3.33. The highest BCUT2D eigenvalue weighted by Gasteiger charge is 2.51. The Bertz CT molecular complexity index is 1990. The third-order valence-electron chi connectivity index (χ3n) is 16.1. The molecule has 2 aliphatic rings. The van der Waals surface area contributed by atoms with Gasteiger partial charge in [-0.3, -0.25) is 9.59 Å². The fraction of sp³-hybridized carbons (Fsp3) is 0.678. The van der Waals surface area contributed by atoms with E-state index < -0.39 is 79.1 Å². The molecular formula is C59H93N3O10P+. The van der Waals surface area contributed by atoms with Crippen molar-refractivity contribution in [3.8, 4) is 0 Å². The van der Waals surface area contributed by atoms with Crippen LogP contribution in [0.4, 0.5) is 0 Å². The summed E-state index contributed by atoms with van der Waals surface area (Å²) in [6.07, 6.45) is 7.02. The van der Waals surface area contributed by atoms with Crippen LogP contribution in [0.15, 0.2) is 85.1 Å². The van der Waals surface area contributed by atoms with E-state index in [1.807, 2.05) is 45.1 Å². The van der Waals surface area contributed by atoms with Crippen LogP contribution >= 0.6 is 7.26 Å². The Labute approximate surface area is 438 Å². The largest absolute Gasteiger partial charge is 0.459 e. The maximum Gasteiger partial charge on any atom is 0.311 e. The molecule has 0 radical (unpaired) electrons. The number of hydrogen-bond donors (Lipinski definition) is 5. The average molecular weight is 1040 g/mol. The highest BCUT2D eigenvalue weighted by atomic mass is 31.2. The topological polar surface area (TPSA) is 182 Å². The molecule has 0 aliphatic carbocycles. The summed E-state index contributed by atoms with van der Waals surface area (Å²) >= 11 is 0. The Morgan fingerprint density at radius 2 is 1.34 bits per heavy atom. The molecule has 73 heavy (non-hydrogen) atoms. The minimum absolute atomic E-state index is 0.0955. The molecule has 1 amide bonds. The van der Waals surface area contributed by atoms with Crippen LogP contribution in [0.3, 0.4) is 0 Å². The quantitative estimate of drug-likeness (QED) is 0.0427. The zero-order valence-electron chi connectivity index (χ0n) is 45.9. The number of aromatic nitrogens is 1. The minimum atomic E-state index is -1.96. The molecule has 0 spiro atoms. The van der Waals surface area contributed by atoms with Gasteiger partial charge >= 0.3 is 5.97 Å². The van der Waals surface area contributed by atoms with E-state index in [4.69, 9.17) is 19.2 Å². The summed E-state index contributed by atoms with van der Waals surface area (Å²) in [5.41, 5.74) is -2.43. The van der Waals surface area contributed by atoms with Gasteiger partial charge in [0.15, 0.2) is 11.7 Å². The Kier molecular flexibility index (Phi) is 23.3. The molecule has 14 atom stereocenters. The lowest BCUT2D eigenvalue weighted by Gasteiger charge is -2.46. The number of benzene rings is 2. The van der Waals surface area contributed by atoms with E-state index in [9.17, 15) is 35.1 Å². The number of carbonyl (C=O) groups excluding carboxylic acids is 2. The van der Waals surface area contributed by atoms with Gasteiger partial charge in [-0.05, 0) is 123 Å². The second kappa shape index (κ2) is 28.1. The lowest BCUT2D eigenvalue weighted by molar-refractivity contribution is -0.299. The van der Waals surface area contributed by atoms with E-state index in [0.29, 0.717) is 12.8 Å². The van der Waals surface area contributed by atoms with Crippen LogP contribution in [0.25, 0.3) is 0 Å². The highest BCUT2D eigenvalue weighted by Crippen LogP contribution is 2.55. The van der Waals surface area contributed by atoms with Crippen molar-refractivity contribution in [2.45, 2.75) is 211 Å². The maximum absolute atomic E-state index is 14.3. The van der Waals surface area contributed by atoms with Crippen LogP contribution in [0.5, 0.6) is 0 Å².